The van der Waals surface area contributed by atoms with Crippen LogP contribution < -0.4 is 14.8 Å². The smallest absolute Gasteiger partial charge is 0.162 e. The summed E-state index contributed by atoms with van der Waals surface area (Å²) < 4.78 is 10.7. The number of nitrogens with one attached hydrogen (secondary N) is 1. The molecule has 0 heterocycles. The second-order valence-electron chi connectivity index (χ2n) is 3.58. The summed E-state index contributed by atoms with van der Waals surface area (Å²) in [5.41, 5.74) is 0.568. The predicted molar refractivity (Wildman–Crippen MR) is 66.4 cm³/mol. The third-order valence-corrected chi connectivity index (χ3v) is 2.26. The fourth-order valence-electron chi connectivity index (χ4n) is 1.39. The summed E-state index contributed by atoms with van der Waals surface area (Å²) in [5.74, 6) is 1.27. The summed E-state index contributed by atoms with van der Waals surface area (Å²) in [4.78, 5) is 0. The predicted octanol–water partition coefficient (Wildman–Crippen LogP) is 1.95. The molecule has 0 unspecified atom stereocenters. The molecule has 0 amide bonds. The Balaban J connectivity index is 2.50. The van der Waals surface area contributed by atoms with Gasteiger partial charge in [0.1, 0.15) is 6.61 Å². The average molecular weight is 234 g/mol. The minimum Gasteiger partial charge on any atom is -0.493 e. The minimum absolute atomic E-state index is 0.568. The first-order chi connectivity index (χ1) is 8.31. The number of rotatable bonds is 7. The van der Waals surface area contributed by atoms with Crippen LogP contribution in [0.4, 0.5) is 0 Å². The molecule has 0 spiro atoms. The number of nitrogens with zero attached hydrogens (tertiary/aromatic N) is 1. The van der Waals surface area contributed by atoms with Gasteiger partial charge < -0.3 is 14.8 Å². The molecular formula is C13H18N2O2. The molecule has 1 N–H and O–H groups in total. The molecule has 1 rings (SSSR count). The molecule has 0 aromatic heterocycles. The van der Waals surface area contributed by atoms with Crippen LogP contribution in [-0.2, 0) is 0 Å². The van der Waals surface area contributed by atoms with Gasteiger partial charge in [-0.3, -0.25) is 0 Å². The first kappa shape index (κ1) is 13.3. The summed E-state index contributed by atoms with van der Waals surface area (Å²) in [5, 5.41) is 12.0. The molecule has 1 aromatic carbocycles. The Morgan fingerprint density at radius 2 is 2.12 bits per heavy atom. The maximum absolute atomic E-state index is 8.77. The zero-order valence-electron chi connectivity index (χ0n) is 10.3. The van der Waals surface area contributed by atoms with E-state index in [0.29, 0.717) is 23.7 Å². The van der Waals surface area contributed by atoms with E-state index in [1.807, 2.05) is 0 Å². The molecular weight excluding hydrogens is 216 g/mol. The van der Waals surface area contributed by atoms with E-state index in [1.54, 1.807) is 25.3 Å². The van der Waals surface area contributed by atoms with Crippen LogP contribution >= 0.6 is 0 Å². The molecule has 17 heavy (non-hydrogen) atoms. The van der Waals surface area contributed by atoms with Crippen LogP contribution in [0, 0.1) is 11.3 Å². The van der Waals surface area contributed by atoms with Gasteiger partial charge in [0.15, 0.2) is 11.5 Å². The van der Waals surface area contributed by atoms with E-state index in [4.69, 9.17) is 14.7 Å². The van der Waals surface area contributed by atoms with Gasteiger partial charge in [-0.15, -0.1) is 0 Å². The summed E-state index contributed by atoms with van der Waals surface area (Å²) >= 11 is 0. The highest BCUT2D eigenvalue weighted by Crippen LogP contribution is 2.27. The van der Waals surface area contributed by atoms with E-state index in [1.165, 1.54) is 0 Å². The highest BCUT2D eigenvalue weighted by atomic mass is 16.5. The second-order valence-corrected chi connectivity index (χ2v) is 3.58. The number of nitriles is 1. The number of benzene rings is 1. The fraction of sp³-hybridized carbons (Fsp3) is 0.462. The van der Waals surface area contributed by atoms with E-state index in [9.17, 15) is 0 Å². The van der Waals surface area contributed by atoms with E-state index in [2.05, 4.69) is 18.3 Å². The van der Waals surface area contributed by atoms with Crippen molar-refractivity contribution in [2.24, 2.45) is 0 Å². The quantitative estimate of drug-likeness (QED) is 0.733. The zero-order chi connectivity index (χ0) is 12.5. The Kier molecular flexibility index (Phi) is 5.91. The van der Waals surface area contributed by atoms with E-state index < -0.39 is 0 Å². The van der Waals surface area contributed by atoms with Gasteiger partial charge >= 0.3 is 0 Å². The monoisotopic (exact) mass is 234 g/mol. The van der Waals surface area contributed by atoms with Crippen molar-refractivity contribution in [3.05, 3.63) is 23.8 Å². The summed E-state index contributed by atoms with van der Waals surface area (Å²) in [7, 11) is 1.57. The van der Waals surface area contributed by atoms with Gasteiger partial charge in [-0.05, 0) is 25.1 Å². The van der Waals surface area contributed by atoms with Crippen LogP contribution in [0.3, 0.4) is 0 Å². The van der Waals surface area contributed by atoms with Crippen LogP contribution in [0.2, 0.25) is 0 Å². The van der Waals surface area contributed by atoms with Gasteiger partial charge in [-0.25, -0.2) is 0 Å². The third-order valence-electron chi connectivity index (χ3n) is 2.26. The van der Waals surface area contributed by atoms with Crippen molar-refractivity contribution < 1.29 is 9.47 Å². The molecule has 4 heteroatoms. The Morgan fingerprint density at radius 3 is 2.76 bits per heavy atom. The lowest BCUT2D eigenvalue weighted by atomic mass is 10.2. The molecule has 0 bridgehead atoms. The lowest BCUT2D eigenvalue weighted by molar-refractivity contribution is 0.292. The third kappa shape index (κ3) is 4.33. The van der Waals surface area contributed by atoms with E-state index in [-0.39, 0.29) is 0 Å². The number of ether oxygens (including phenoxy) is 2. The maximum atomic E-state index is 8.77. The van der Waals surface area contributed by atoms with Gasteiger partial charge in [-0.1, -0.05) is 6.92 Å². The highest BCUT2D eigenvalue weighted by Gasteiger charge is 2.05. The van der Waals surface area contributed by atoms with Gasteiger partial charge in [0.05, 0.1) is 18.7 Å². The SMILES string of the molecule is CCCNCCOc1ccc(C#N)cc1OC. The van der Waals surface area contributed by atoms with Gasteiger partial charge in [0.2, 0.25) is 0 Å². The van der Waals surface area contributed by atoms with Crippen LogP contribution in [0.1, 0.15) is 18.9 Å². The standard InChI is InChI=1S/C13H18N2O2/c1-3-6-15-7-8-17-12-5-4-11(10-14)9-13(12)16-2/h4-5,9,15H,3,6-8H2,1-2H3. The Morgan fingerprint density at radius 1 is 1.29 bits per heavy atom. The first-order valence-electron chi connectivity index (χ1n) is 5.73. The molecule has 0 aliphatic carbocycles. The first-order valence-corrected chi connectivity index (χ1v) is 5.73. The molecule has 0 saturated carbocycles. The summed E-state index contributed by atoms with van der Waals surface area (Å²) in [6.45, 7) is 4.50. The lowest BCUT2D eigenvalue weighted by Gasteiger charge is -2.11. The van der Waals surface area contributed by atoms with Crippen LogP contribution in [0.15, 0.2) is 18.2 Å². The average Bonchev–Trinajstić information content (AvgIpc) is 2.38. The molecule has 0 saturated heterocycles. The Bertz CT molecular complexity index is 385. The van der Waals surface area contributed by atoms with Crippen molar-refractivity contribution in [1.29, 1.82) is 5.26 Å². The number of hydrogen-bond donors (Lipinski definition) is 1. The maximum Gasteiger partial charge on any atom is 0.162 e. The Labute approximate surface area is 102 Å². The largest absolute Gasteiger partial charge is 0.493 e. The highest BCUT2D eigenvalue weighted by molar-refractivity contribution is 5.46. The molecule has 0 radical (unpaired) electrons. The molecule has 0 atom stereocenters. The fourth-order valence-corrected chi connectivity index (χ4v) is 1.39. The van der Waals surface area contributed by atoms with Gasteiger partial charge in [0, 0.05) is 12.6 Å². The second kappa shape index (κ2) is 7.53. The molecule has 0 aliphatic heterocycles. The number of methoxy groups -OCH3 is 1. The normalized spacial score (nSPS) is 9.71. The molecule has 0 fully saturated rings. The summed E-state index contributed by atoms with van der Waals surface area (Å²) in [6, 6.07) is 7.22. The zero-order valence-corrected chi connectivity index (χ0v) is 10.3. The molecule has 4 nitrogen and oxygen atoms in total. The topological polar surface area (TPSA) is 54.3 Å². The van der Waals surface area contributed by atoms with E-state index >= 15 is 0 Å². The minimum atomic E-state index is 0.568. The molecule has 0 aliphatic rings. The Hall–Kier alpha value is -1.73. The summed E-state index contributed by atoms with van der Waals surface area (Å²) in [6.07, 6.45) is 1.11. The lowest BCUT2D eigenvalue weighted by Crippen LogP contribution is -2.21. The molecule has 92 valence electrons. The number of hydrogen-bond acceptors (Lipinski definition) is 4. The van der Waals surface area contributed by atoms with Gasteiger partial charge in [0.25, 0.3) is 0 Å². The van der Waals surface area contributed by atoms with Crippen molar-refractivity contribution in [1.82, 2.24) is 5.32 Å². The van der Waals surface area contributed by atoms with Crippen molar-refractivity contribution in [3.8, 4) is 17.6 Å². The van der Waals surface area contributed by atoms with Crippen molar-refractivity contribution in [2.45, 2.75) is 13.3 Å². The van der Waals surface area contributed by atoms with E-state index in [0.717, 1.165) is 19.5 Å². The molecule has 1 aromatic rings. The van der Waals surface area contributed by atoms with Gasteiger partial charge in [-0.2, -0.15) is 5.26 Å². The van der Waals surface area contributed by atoms with Crippen molar-refractivity contribution in [3.63, 3.8) is 0 Å². The van der Waals surface area contributed by atoms with Crippen molar-refractivity contribution in [2.75, 3.05) is 26.8 Å². The van der Waals surface area contributed by atoms with Crippen LogP contribution in [0.5, 0.6) is 11.5 Å². The van der Waals surface area contributed by atoms with Crippen LogP contribution in [0.25, 0.3) is 0 Å². The van der Waals surface area contributed by atoms with Crippen LogP contribution in [-0.4, -0.2) is 26.8 Å². The van der Waals surface area contributed by atoms with Crippen molar-refractivity contribution >= 4 is 0 Å².